The van der Waals surface area contributed by atoms with E-state index in [0.29, 0.717) is 23.0 Å². The SMILES string of the molecule is Cc1ccc(SCc2cc(=O)[nH]c(Nc3nc4ccccc4o3)n2)cc1. The second-order valence-electron chi connectivity index (χ2n) is 5.80. The van der Waals surface area contributed by atoms with Gasteiger partial charge in [-0.1, -0.05) is 29.8 Å². The van der Waals surface area contributed by atoms with Crippen molar-refractivity contribution in [1.82, 2.24) is 15.0 Å². The van der Waals surface area contributed by atoms with Crippen LogP contribution in [0.2, 0.25) is 0 Å². The molecule has 0 aliphatic rings. The molecule has 2 N–H and O–H groups in total. The maximum Gasteiger partial charge on any atom is 0.302 e. The maximum absolute atomic E-state index is 11.9. The predicted molar refractivity (Wildman–Crippen MR) is 103 cm³/mol. The van der Waals surface area contributed by atoms with E-state index in [9.17, 15) is 4.79 Å². The van der Waals surface area contributed by atoms with Crippen LogP contribution in [0.1, 0.15) is 11.3 Å². The minimum atomic E-state index is -0.224. The Hall–Kier alpha value is -3.06. The first-order valence-electron chi connectivity index (χ1n) is 8.08. The van der Waals surface area contributed by atoms with Gasteiger partial charge in [0.2, 0.25) is 5.95 Å². The van der Waals surface area contributed by atoms with E-state index in [1.807, 2.05) is 24.3 Å². The number of anilines is 2. The fourth-order valence-electron chi connectivity index (χ4n) is 2.46. The molecule has 0 amide bonds. The molecule has 0 aliphatic heterocycles. The van der Waals surface area contributed by atoms with Crippen LogP contribution < -0.4 is 10.9 Å². The maximum atomic E-state index is 11.9. The second-order valence-corrected chi connectivity index (χ2v) is 6.85. The van der Waals surface area contributed by atoms with Crippen LogP contribution in [0.25, 0.3) is 11.1 Å². The zero-order valence-electron chi connectivity index (χ0n) is 14.0. The fraction of sp³-hybridized carbons (Fsp3) is 0.105. The molecule has 26 heavy (non-hydrogen) atoms. The van der Waals surface area contributed by atoms with Crippen LogP contribution in [0.5, 0.6) is 0 Å². The normalized spacial score (nSPS) is 11.0. The number of nitrogens with one attached hydrogen (secondary N) is 2. The molecule has 0 bridgehead atoms. The number of H-pyrrole nitrogens is 1. The van der Waals surface area contributed by atoms with Crippen LogP contribution in [-0.4, -0.2) is 15.0 Å². The predicted octanol–water partition coefficient (Wildman–Crippen LogP) is 4.26. The van der Waals surface area contributed by atoms with Gasteiger partial charge < -0.3 is 4.42 Å². The number of hydrogen-bond donors (Lipinski definition) is 2. The molecule has 0 atom stereocenters. The van der Waals surface area contributed by atoms with Gasteiger partial charge in [0.15, 0.2) is 5.58 Å². The van der Waals surface area contributed by atoms with Crippen molar-refractivity contribution in [3.8, 4) is 0 Å². The van der Waals surface area contributed by atoms with Crippen molar-refractivity contribution in [2.24, 2.45) is 0 Å². The van der Waals surface area contributed by atoms with E-state index >= 15 is 0 Å². The Bertz CT molecular complexity index is 1070. The van der Waals surface area contributed by atoms with Gasteiger partial charge in [-0.3, -0.25) is 15.1 Å². The summed E-state index contributed by atoms with van der Waals surface area (Å²) >= 11 is 1.63. The van der Waals surface area contributed by atoms with Crippen LogP contribution in [0.4, 0.5) is 12.0 Å². The van der Waals surface area contributed by atoms with E-state index in [2.05, 4.69) is 51.5 Å². The van der Waals surface area contributed by atoms with Gasteiger partial charge in [0.1, 0.15) is 5.52 Å². The quantitative estimate of drug-likeness (QED) is 0.515. The van der Waals surface area contributed by atoms with Gasteiger partial charge in [-0.05, 0) is 31.2 Å². The number of rotatable bonds is 5. The molecule has 2 heterocycles. The molecule has 4 rings (SSSR count). The lowest BCUT2D eigenvalue weighted by molar-refractivity contribution is 0.621. The first kappa shape index (κ1) is 16.4. The summed E-state index contributed by atoms with van der Waals surface area (Å²) in [5.74, 6) is 0.901. The van der Waals surface area contributed by atoms with Gasteiger partial charge >= 0.3 is 6.01 Å². The number of para-hydroxylation sites is 2. The van der Waals surface area contributed by atoms with E-state index in [0.717, 1.165) is 10.4 Å². The van der Waals surface area contributed by atoms with Crippen molar-refractivity contribution in [2.75, 3.05) is 5.32 Å². The third kappa shape index (κ3) is 3.78. The Morgan fingerprint density at radius 3 is 2.73 bits per heavy atom. The minimum Gasteiger partial charge on any atom is -0.423 e. The highest BCUT2D eigenvalue weighted by Crippen LogP contribution is 2.23. The number of aromatic nitrogens is 3. The second kappa shape index (κ2) is 7.05. The standard InChI is InChI=1S/C19H16N4O2S/c1-12-6-8-14(9-7-12)26-11-13-10-17(24)22-18(20-13)23-19-21-15-4-2-3-5-16(15)25-19/h2-10H,11H2,1H3,(H2,20,21,22,23,24). The molecular formula is C19H16N4O2S. The van der Waals surface area contributed by atoms with E-state index in [-0.39, 0.29) is 11.6 Å². The smallest absolute Gasteiger partial charge is 0.302 e. The van der Waals surface area contributed by atoms with Gasteiger partial charge in [-0.25, -0.2) is 4.98 Å². The zero-order chi connectivity index (χ0) is 17.9. The van der Waals surface area contributed by atoms with E-state index in [1.54, 1.807) is 11.8 Å². The average molecular weight is 364 g/mol. The summed E-state index contributed by atoms with van der Waals surface area (Å²) in [6.45, 7) is 2.05. The third-order valence-corrected chi connectivity index (χ3v) is 4.77. The molecule has 0 saturated carbocycles. The molecule has 0 unspecified atom stereocenters. The number of hydrogen-bond acceptors (Lipinski definition) is 6. The molecule has 2 aromatic heterocycles. The Balaban J connectivity index is 1.51. The molecule has 0 radical (unpaired) electrons. The molecule has 6 nitrogen and oxygen atoms in total. The summed E-state index contributed by atoms with van der Waals surface area (Å²) < 4.78 is 5.60. The Labute approximate surface area is 153 Å². The molecule has 0 saturated heterocycles. The highest BCUT2D eigenvalue weighted by molar-refractivity contribution is 7.98. The van der Waals surface area contributed by atoms with Crippen LogP contribution in [0.3, 0.4) is 0 Å². The van der Waals surface area contributed by atoms with Gasteiger partial charge in [-0.15, -0.1) is 11.8 Å². The summed E-state index contributed by atoms with van der Waals surface area (Å²) in [4.78, 5) is 24.5. The van der Waals surface area contributed by atoms with Crippen LogP contribution >= 0.6 is 11.8 Å². The molecule has 130 valence electrons. The summed E-state index contributed by atoms with van der Waals surface area (Å²) in [5, 5.41) is 2.93. The molecule has 2 aromatic carbocycles. The number of aromatic amines is 1. The summed E-state index contributed by atoms with van der Waals surface area (Å²) in [6, 6.07) is 17.5. The number of fused-ring (bicyclic) bond motifs is 1. The van der Waals surface area contributed by atoms with Crippen LogP contribution in [0.15, 0.2) is 68.7 Å². The lowest BCUT2D eigenvalue weighted by Crippen LogP contribution is -2.11. The Kier molecular flexibility index (Phi) is 4.45. The lowest BCUT2D eigenvalue weighted by atomic mass is 10.2. The molecule has 7 heteroatoms. The van der Waals surface area contributed by atoms with E-state index < -0.39 is 0 Å². The van der Waals surface area contributed by atoms with Crippen LogP contribution in [0, 0.1) is 6.92 Å². The monoisotopic (exact) mass is 364 g/mol. The van der Waals surface area contributed by atoms with Gasteiger partial charge in [0, 0.05) is 16.7 Å². The number of benzene rings is 2. The first-order chi connectivity index (χ1) is 12.7. The number of thioether (sulfide) groups is 1. The van der Waals surface area contributed by atoms with Gasteiger partial charge in [0.05, 0.1) is 5.69 Å². The van der Waals surface area contributed by atoms with Crippen molar-refractivity contribution in [1.29, 1.82) is 0 Å². The summed E-state index contributed by atoms with van der Waals surface area (Å²) in [7, 11) is 0. The molecule has 0 fully saturated rings. The summed E-state index contributed by atoms with van der Waals surface area (Å²) in [5.41, 5.74) is 3.08. The molecular weight excluding hydrogens is 348 g/mol. The minimum absolute atomic E-state index is 0.224. The number of aryl methyl sites for hydroxylation is 1. The fourth-order valence-corrected chi connectivity index (χ4v) is 3.25. The average Bonchev–Trinajstić information content (AvgIpc) is 3.03. The Morgan fingerprint density at radius 2 is 1.92 bits per heavy atom. The van der Waals surface area contributed by atoms with Crippen molar-refractivity contribution in [3.05, 3.63) is 76.2 Å². The lowest BCUT2D eigenvalue weighted by Gasteiger charge is -2.05. The number of nitrogens with zero attached hydrogens (tertiary/aromatic N) is 2. The highest BCUT2D eigenvalue weighted by Gasteiger charge is 2.08. The molecule has 4 aromatic rings. The highest BCUT2D eigenvalue weighted by atomic mass is 32.2. The van der Waals surface area contributed by atoms with Gasteiger partial charge in [0.25, 0.3) is 5.56 Å². The van der Waals surface area contributed by atoms with E-state index in [1.165, 1.54) is 11.6 Å². The van der Waals surface area contributed by atoms with E-state index in [4.69, 9.17) is 4.42 Å². The van der Waals surface area contributed by atoms with Crippen molar-refractivity contribution >= 4 is 34.8 Å². The zero-order valence-corrected chi connectivity index (χ0v) is 14.8. The van der Waals surface area contributed by atoms with Crippen molar-refractivity contribution < 1.29 is 4.42 Å². The largest absolute Gasteiger partial charge is 0.423 e. The van der Waals surface area contributed by atoms with Gasteiger partial charge in [-0.2, -0.15) is 4.98 Å². The third-order valence-electron chi connectivity index (χ3n) is 3.72. The first-order valence-corrected chi connectivity index (χ1v) is 9.06. The van der Waals surface area contributed by atoms with Crippen molar-refractivity contribution in [3.63, 3.8) is 0 Å². The topological polar surface area (TPSA) is 83.8 Å². The Morgan fingerprint density at radius 1 is 1.12 bits per heavy atom. The molecule has 0 aliphatic carbocycles. The summed E-state index contributed by atoms with van der Waals surface area (Å²) in [6.07, 6.45) is 0. The van der Waals surface area contributed by atoms with Crippen LogP contribution in [-0.2, 0) is 5.75 Å². The molecule has 0 spiro atoms. The van der Waals surface area contributed by atoms with Crippen molar-refractivity contribution in [2.45, 2.75) is 17.6 Å². The number of oxazole rings is 1.